The molecule has 0 N–H and O–H groups in total. The molecule has 1 saturated heterocycles. The van der Waals surface area contributed by atoms with Crippen molar-refractivity contribution < 1.29 is 18.1 Å². The Hall–Kier alpha value is -3.38. The maximum Gasteiger partial charge on any atom is 0.228 e. The number of rotatable bonds is 7. The van der Waals surface area contributed by atoms with E-state index in [0.717, 1.165) is 62.5 Å². The number of thiophene rings is 1. The van der Waals surface area contributed by atoms with Crippen molar-refractivity contribution in [2.45, 2.75) is 55.8 Å². The van der Waals surface area contributed by atoms with Crippen molar-refractivity contribution in [1.82, 2.24) is 24.3 Å². The zero-order valence-corrected chi connectivity index (χ0v) is 26.6. The summed E-state index contributed by atoms with van der Waals surface area (Å²) in [6, 6.07) is 11.7. The molecule has 1 aliphatic carbocycles. The van der Waals surface area contributed by atoms with E-state index in [0.29, 0.717) is 48.2 Å². The lowest BCUT2D eigenvalue weighted by Crippen LogP contribution is -2.19. The average Bonchev–Trinajstić information content (AvgIpc) is 3.34. The summed E-state index contributed by atoms with van der Waals surface area (Å²) in [4.78, 5) is 10.2. The van der Waals surface area contributed by atoms with Gasteiger partial charge in [-0.15, -0.1) is 11.3 Å². The van der Waals surface area contributed by atoms with E-state index in [1.807, 2.05) is 64.3 Å². The van der Waals surface area contributed by atoms with Crippen LogP contribution in [0.4, 0.5) is 4.39 Å². The Morgan fingerprint density at radius 2 is 2.02 bits per heavy atom. The van der Waals surface area contributed by atoms with Crippen LogP contribution in [0.5, 0.6) is 5.88 Å². The van der Waals surface area contributed by atoms with Crippen LogP contribution in [0.15, 0.2) is 53.1 Å². The zero-order chi connectivity index (χ0) is 30.2. The van der Waals surface area contributed by atoms with Crippen molar-refractivity contribution in [3.8, 4) is 16.3 Å². The molecule has 12 heteroatoms. The second kappa shape index (κ2) is 10.6. The number of aryl methyl sites for hydroxylation is 1. The summed E-state index contributed by atoms with van der Waals surface area (Å²) in [5.41, 5.74) is 3.02. The van der Waals surface area contributed by atoms with Gasteiger partial charge in [0.2, 0.25) is 11.0 Å². The van der Waals surface area contributed by atoms with Gasteiger partial charge in [0.15, 0.2) is 6.23 Å². The third-order valence-electron chi connectivity index (χ3n) is 8.65. The molecule has 6 aromatic rings. The van der Waals surface area contributed by atoms with Gasteiger partial charge in [0, 0.05) is 52.2 Å². The van der Waals surface area contributed by atoms with E-state index in [1.54, 1.807) is 6.26 Å². The minimum atomic E-state index is -1.50. The molecule has 8 rings (SSSR count). The molecule has 0 bridgehead atoms. The van der Waals surface area contributed by atoms with Gasteiger partial charge >= 0.3 is 0 Å². The standard InChI is InChI=1S/C32H29ClFN5O3S2/c1-38-27-20(25-29(38)36-31(44(2)40)37-30(25)42-16-18-8-4-3-5-9-18)17-43-28(27)24-19-15-35-39(23-10-6-7-13-41-23)22(19)14-21(33)26(24)32(34)11-12-32/h3-5,8-9,14-15,17,23H,6-7,10-13,16H2,1-2H3. The van der Waals surface area contributed by atoms with Gasteiger partial charge in [0.25, 0.3) is 0 Å². The quantitative estimate of drug-likeness (QED) is 0.164. The fraction of sp³-hybridized carbons (Fsp3) is 0.344. The van der Waals surface area contributed by atoms with E-state index >= 15 is 4.39 Å². The molecule has 0 amide bonds. The first-order chi connectivity index (χ1) is 21.3. The fourth-order valence-electron chi connectivity index (χ4n) is 6.33. The molecule has 2 aliphatic rings. The van der Waals surface area contributed by atoms with Gasteiger partial charge in [-0.05, 0) is 43.7 Å². The molecule has 44 heavy (non-hydrogen) atoms. The van der Waals surface area contributed by atoms with Gasteiger partial charge < -0.3 is 14.0 Å². The first kappa shape index (κ1) is 28.1. The monoisotopic (exact) mass is 649 g/mol. The normalized spacial score (nSPS) is 18.8. The van der Waals surface area contributed by atoms with E-state index in [1.165, 1.54) is 11.3 Å². The van der Waals surface area contributed by atoms with Crippen molar-refractivity contribution in [2.24, 2.45) is 7.05 Å². The second-order valence-electron chi connectivity index (χ2n) is 11.5. The number of fused-ring (bicyclic) bond motifs is 4. The first-order valence-electron chi connectivity index (χ1n) is 14.6. The average molecular weight is 650 g/mol. The van der Waals surface area contributed by atoms with Crippen molar-refractivity contribution in [3.63, 3.8) is 0 Å². The van der Waals surface area contributed by atoms with E-state index in [4.69, 9.17) is 31.2 Å². The highest BCUT2D eigenvalue weighted by atomic mass is 35.5. The second-order valence-corrected chi connectivity index (χ2v) is 14.1. The predicted molar refractivity (Wildman–Crippen MR) is 172 cm³/mol. The van der Waals surface area contributed by atoms with Crippen LogP contribution in [0.25, 0.3) is 43.3 Å². The Morgan fingerprint density at radius 3 is 2.75 bits per heavy atom. The predicted octanol–water partition coefficient (Wildman–Crippen LogP) is 7.83. The molecular weight excluding hydrogens is 621 g/mol. The maximum absolute atomic E-state index is 16.2. The fourth-order valence-corrected chi connectivity index (χ4v) is 8.27. The number of alkyl halides is 1. The van der Waals surface area contributed by atoms with Gasteiger partial charge in [0.1, 0.15) is 17.9 Å². The largest absolute Gasteiger partial charge is 0.472 e. The number of halogens is 2. The number of hydrogen-bond donors (Lipinski definition) is 0. The van der Waals surface area contributed by atoms with E-state index < -0.39 is 16.5 Å². The Morgan fingerprint density at radius 1 is 1.20 bits per heavy atom. The van der Waals surface area contributed by atoms with Crippen molar-refractivity contribution in [3.05, 3.63) is 64.1 Å². The van der Waals surface area contributed by atoms with Crippen LogP contribution in [-0.2, 0) is 34.9 Å². The van der Waals surface area contributed by atoms with Crippen LogP contribution in [0.3, 0.4) is 0 Å². The Balaban J connectivity index is 1.37. The molecule has 1 aliphatic heterocycles. The van der Waals surface area contributed by atoms with Crippen LogP contribution in [0.2, 0.25) is 5.02 Å². The summed E-state index contributed by atoms with van der Waals surface area (Å²) >= 11 is 8.49. The van der Waals surface area contributed by atoms with Gasteiger partial charge in [-0.2, -0.15) is 10.1 Å². The lowest BCUT2D eigenvalue weighted by Gasteiger charge is -2.24. The third-order valence-corrected chi connectivity index (χ3v) is 10.6. The Kier molecular flexibility index (Phi) is 6.78. The number of benzene rings is 2. The Labute approximate surface area is 264 Å². The maximum atomic E-state index is 16.2. The number of aromatic nitrogens is 5. The molecule has 2 aromatic carbocycles. The number of hydrogen-bond acceptors (Lipinski definition) is 7. The van der Waals surface area contributed by atoms with E-state index in [-0.39, 0.29) is 11.4 Å². The van der Waals surface area contributed by atoms with Gasteiger partial charge in [-0.1, -0.05) is 41.9 Å². The van der Waals surface area contributed by atoms with Gasteiger partial charge in [-0.25, -0.2) is 14.1 Å². The summed E-state index contributed by atoms with van der Waals surface area (Å²) < 4.78 is 45.0. The highest BCUT2D eigenvalue weighted by Gasteiger charge is 2.49. The van der Waals surface area contributed by atoms with Crippen LogP contribution in [-0.4, -0.2) is 41.4 Å². The molecule has 8 nitrogen and oxygen atoms in total. The highest BCUT2D eigenvalue weighted by molar-refractivity contribution is 7.84. The van der Waals surface area contributed by atoms with Gasteiger partial charge in [-0.3, -0.25) is 4.21 Å². The molecule has 0 spiro atoms. The molecule has 0 radical (unpaired) electrons. The molecule has 226 valence electrons. The minimum Gasteiger partial charge on any atom is -0.472 e. The molecule has 1 saturated carbocycles. The number of nitrogens with zero attached hydrogens (tertiary/aromatic N) is 5. The summed E-state index contributed by atoms with van der Waals surface area (Å²) in [6.45, 7) is 0.974. The molecular formula is C32H29ClFN5O3S2. The van der Waals surface area contributed by atoms with Crippen LogP contribution >= 0.6 is 22.9 Å². The smallest absolute Gasteiger partial charge is 0.228 e. The van der Waals surface area contributed by atoms with E-state index in [2.05, 4.69) is 4.98 Å². The summed E-state index contributed by atoms with van der Waals surface area (Å²) in [7, 11) is 0.483. The zero-order valence-electron chi connectivity index (χ0n) is 24.2. The molecule has 2 unspecified atom stereocenters. The van der Waals surface area contributed by atoms with Gasteiger partial charge in [0.05, 0.1) is 38.3 Å². The topological polar surface area (TPSA) is 84.1 Å². The molecule has 5 heterocycles. The molecule has 2 fully saturated rings. The van der Waals surface area contributed by atoms with Crippen LogP contribution in [0, 0.1) is 0 Å². The van der Waals surface area contributed by atoms with E-state index in [9.17, 15) is 4.21 Å². The number of ether oxygens (including phenoxy) is 2. The van der Waals surface area contributed by atoms with Crippen LogP contribution < -0.4 is 4.74 Å². The van der Waals surface area contributed by atoms with Crippen molar-refractivity contribution in [2.75, 3.05) is 12.9 Å². The third kappa shape index (κ3) is 4.47. The summed E-state index contributed by atoms with van der Waals surface area (Å²) in [6.07, 6.45) is 6.96. The lowest BCUT2D eigenvalue weighted by molar-refractivity contribution is -0.0366. The SMILES string of the molecule is Cn1c2nc(S(C)=O)nc(OCc3ccccc3)c2c2csc(-c3c(C4(F)CC4)c(Cl)cc4c3cnn4C3CCCCO3)c21. The van der Waals surface area contributed by atoms with Crippen molar-refractivity contribution in [1.29, 1.82) is 0 Å². The van der Waals surface area contributed by atoms with Crippen LogP contribution in [0.1, 0.15) is 49.5 Å². The summed E-state index contributed by atoms with van der Waals surface area (Å²) in [5, 5.41) is 9.80. The highest BCUT2D eigenvalue weighted by Crippen LogP contribution is 2.58. The minimum absolute atomic E-state index is 0.189. The first-order valence-corrected chi connectivity index (χ1v) is 17.4. The molecule has 4 aromatic heterocycles. The van der Waals surface area contributed by atoms with Crippen molar-refractivity contribution >= 4 is 66.6 Å². The Bertz CT molecular complexity index is 2100. The summed E-state index contributed by atoms with van der Waals surface area (Å²) in [5.74, 6) is 0.363. The lowest BCUT2D eigenvalue weighted by atomic mass is 9.96. The molecule has 2 atom stereocenters.